The Morgan fingerprint density at radius 2 is 2.16 bits per heavy atom. The first-order chi connectivity index (χ1) is 9.06. The van der Waals surface area contributed by atoms with Crippen LogP contribution in [0.1, 0.15) is 28.8 Å². The zero-order valence-corrected chi connectivity index (χ0v) is 11.2. The molecular weight excluding hydrogens is 245 g/mol. The van der Waals surface area contributed by atoms with Gasteiger partial charge < -0.3 is 16.0 Å². The molecule has 0 aromatic heterocycles. The van der Waals surface area contributed by atoms with E-state index < -0.39 is 5.91 Å². The minimum Gasteiger partial charge on any atom is -0.366 e. The number of nitrogens with two attached hydrogens (primary N) is 1. The average molecular weight is 265 g/mol. The van der Waals surface area contributed by atoms with Crippen molar-refractivity contribution in [2.75, 3.05) is 20.1 Å². The highest BCUT2D eigenvalue weighted by atomic mass is 19.1. The van der Waals surface area contributed by atoms with Crippen molar-refractivity contribution in [3.63, 3.8) is 0 Å². The molecular formula is C14H20FN3O. The lowest BCUT2D eigenvalue weighted by atomic mass is 10.0. The SMILES string of the molecule is CN1CCC(NCc2cc(C(N)=O)ccc2F)CC1. The largest absolute Gasteiger partial charge is 0.366 e. The maximum atomic E-state index is 13.6. The molecule has 1 saturated heterocycles. The van der Waals surface area contributed by atoms with E-state index in [1.165, 1.54) is 18.2 Å². The molecule has 0 bridgehead atoms. The minimum absolute atomic E-state index is 0.301. The van der Waals surface area contributed by atoms with Crippen LogP contribution in [0.4, 0.5) is 4.39 Å². The molecule has 104 valence electrons. The molecule has 0 aliphatic carbocycles. The summed E-state index contributed by atoms with van der Waals surface area (Å²) in [7, 11) is 2.10. The van der Waals surface area contributed by atoms with Crippen LogP contribution in [0, 0.1) is 5.82 Å². The molecule has 2 rings (SSSR count). The van der Waals surface area contributed by atoms with E-state index in [4.69, 9.17) is 5.73 Å². The number of nitrogens with zero attached hydrogens (tertiary/aromatic N) is 1. The molecule has 0 saturated carbocycles. The lowest BCUT2D eigenvalue weighted by molar-refractivity contribution is 0.1000. The first-order valence-electron chi connectivity index (χ1n) is 6.56. The van der Waals surface area contributed by atoms with Crippen LogP contribution in [-0.2, 0) is 6.54 Å². The highest BCUT2D eigenvalue weighted by Gasteiger charge is 2.16. The number of benzene rings is 1. The Balaban J connectivity index is 1.95. The molecule has 0 radical (unpaired) electrons. The van der Waals surface area contributed by atoms with E-state index in [-0.39, 0.29) is 5.82 Å². The number of nitrogens with one attached hydrogen (secondary N) is 1. The minimum atomic E-state index is -0.527. The molecule has 4 nitrogen and oxygen atoms in total. The van der Waals surface area contributed by atoms with E-state index in [1.807, 2.05) is 0 Å². The number of primary amides is 1. The predicted octanol–water partition coefficient (Wildman–Crippen LogP) is 1.11. The van der Waals surface area contributed by atoms with Gasteiger partial charge in [0.25, 0.3) is 0 Å². The van der Waals surface area contributed by atoms with Crippen molar-refractivity contribution in [1.82, 2.24) is 10.2 Å². The van der Waals surface area contributed by atoms with E-state index in [0.717, 1.165) is 25.9 Å². The summed E-state index contributed by atoms with van der Waals surface area (Å²) in [6.45, 7) is 2.55. The molecule has 0 spiro atoms. The number of likely N-dealkylation sites (tertiary alicyclic amines) is 1. The fourth-order valence-corrected chi connectivity index (χ4v) is 2.33. The Bertz CT molecular complexity index is 456. The Labute approximate surface area is 112 Å². The van der Waals surface area contributed by atoms with Gasteiger partial charge in [0.2, 0.25) is 5.91 Å². The second kappa shape index (κ2) is 6.12. The Morgan fingerprint density at radius 3 is 2.79 bits per heavy atom. The summed E-state index contributed by atoms with van der Waals surface area (Å²) in [5, 5.41) is 3.35. The first kappa shape index (κ1) is 14.0. The van der Waals surface area contributed by atoms with Gasteiger partial charge in [-0.25, -0.2) is 4.39 Å². The van der Waals surface area contributed by atoms with Gasteiger partial charge in [-0.15, -0.1) is 0 Å². The van der Waals surface area contributed by atoms with Crippen molar-refractivity contribution in [2.24, 2.45) is 5.73 Å². The molecule has 3 N–H and O–H groups in total. The fourth-order valence-electron chi connectivity index (χ4n) is 2.33. The molecule has 1 heterocycles. The van der Waals surface area contributed by atoms with Gasteiger partial charge >= 0.3 is 0 Å². The van der Waals surface area contributed by atoms with Crippen molar-refractivity contribution in [1.29, 1.82) is 0 Å². The normalized spacial score (nSPS) is 17.6. The third kappa shape index (κ3) is 3.75. The van der Waals surface area contributed by atoms with Crippen molar-refractivity contribution in [3.05, 3.63) is 35.1 Å². The number of hydrogen-bond donors (Lipinski definition) is 2. The van der Waals surface area contributed by atoms with E-state index in [0.29, 0.717) is 23.7 Å². The van der Waals surface area contributed by atoms with E-state index in [9.17, 15) is 9.18 Å². The number of piperidine rings is 1. The van der Waals surface area contributed by atoms with Gasteiger partial charge in [-0.2, -0.15) is 0 Å². The molecule has 5 heteroatoms. The first-order valence-corrected chi connectivity index (χ1v) is 6.56. The zero-order valence-electron chi connectivity index (χ0n) is 11.2. The van der Waals surface area contributed by atoms with Crippen LogP contribution in [0.15, 0.2) is 18.2 Å². The summed E-state index contributed by atoms with van der Waals surface area (Å²) in [5.74, 6) is -0.828. The van der Waals surface area contributed by atoms with Crippen molar-refractivity contribution < 1.29 is 9.18 Å². The van der Waals surface area contributed by atoms with Crippen molar-refractivity contribution in [3.8, 4) is 0 Å². The maximum absolute atomic E-state index is 13.6. The summed E-state index contributed by atoms with van der Waals surface area (Å²) in [5.41, 5.74) is 6.04. The topological polar surface area (TPSA) is 58.4 Å². The molecule has 19 heavy (non-hydrogen) atoms. The fraction of sp³-hybridized carbons (Fsp3) is 0.500. The van der Waals surface area contributed by atoms with Crippen molar-refractivity contribution >= 4 is 5.91 Å². The molecule has 1 aromatic rings. The molecule has 1 aliphatic rings. The quantitative estimate of drug-likeness (QED) is 0.857. The van der Waals surface area contributed by atoms with Gasteiger partial charge in [-0.3, -0.25) is 4.79 Å². The predicted molar refractivity (Wildman–Crippen MR) is 72.3 cm³/mol. The highest BCUT2D eigenvalue weighted by molar-refractivity contribution is 5.92. The van der Waals surface area contributed by atoms with Gasteiger partial charge in [0.15, 0.2) is 0 Å². The van der Waals surface area contributed by atoms with Crippen LogP contribution in [0.3, 0.4) is 0 Å². The zero-order chi connectivity index (χ0) is 13.8. The number of halogens is 1. The van der Waals surface area contributed by atoms with Gasteiger partial charge in [0.05, 0.1) is 0 Å². The van der Waals surface area contributed by atoms with Gasteiger partial charge in [0, 0.05) is 23.7 Å². The lowest BCUT2D eigenvalue weighted by Crippen LogP contribution is -2.40. The van der Waals surface area contributed by atoms with E-state index in [1.54, 1.807) is 0 Å². The van der Waals surface area contributed by atoms with Crippen LogP contribution in [0.5, 0.6) is 0 Å². The number of rotatable bonds is 4. The van der Waals surface area contributed by atoms with Crippen LogP contribution >= 0.6 is 0 Å². The smallest absolute Gasteiger partial charge is 0.248 e. The summed E-state index contributed by atoms with van der Waals surface area (Å²) >= 11 is 0. The molecule has 1 aromatic carbocycles. The lowest BCUT2D eigenvalue weighted by Gasteiger charge is -2.29. The summed E-state index contributed by atoms with van der Waals surface area (Å²) in [4.78, 5) is 13.4. The molecule has 1 fully saturated rings. The monoisotopic (exact) mass is 265 g/mol. The second-order valence-electron chi connectivity index (χ2n) is 5.13. The third-order valence-corrected chi connectivity index (χ3v) is 3.63. The van der Waals surface area contributed by atoms with Gasteiger partial charge in [-0.05, 0) is 51.2 Å². The Kier molecular flexibility index (Phi) is 4.50. The molecule has 0 atom stereocenters. The van der Waals surface area contributed by atoms with Crippen LogP contribution in [-0.4, -0.2) is 37.0 Å². The number of amides is 1. The molecule has 1 aliphatic heterocycles. The van der Waals surface area contributed by atoms with Crippen LogP contribution in [0.25, 0.3) is 0 Å². The third-order valence-electron chi connectivity index (χ3n) is 3.63. The van der Waals surface area contributed by atoms with Gasteiger partial charge in [-0.1, -0.05) is 0 Å². The van der Waals surface area contributed by atoms with Crippen LogP contribution in [0.2, 0.25) is 0 Å². The number of carbonyl (C=O) groups is 1. The van der Waals surface area contributed by atoms with Crippen LogP contribution < -0.4 is 11.1 Å². The highest BCUT2D eigenvalue weighted by Crippen LogP contribution is 2.13. The molecule has 0 unspecified atom stereocenters. The number of hydrogen-bond acceptors (Lipinski definition) is 3. The van der Waals surface area contributed by atoms with Crippen molar-refractivity contribution in [2.45, 2.75) is 25.4 Å². The van der Waals surface area contributed by atoms with E-state index >= 15 is 0 Å². The Morgan fingerprint density at radius 1 is 1.47 bits per heavy atom. The average Bonchev–Trinajstić information content (AvgIpc) is 2.39. The summed E-state index contributed by atoms with van der Waals surface area (Å²) in [6, 6.07) is 4.65. The standard InChI is InChI=1S/C14H20FN3O/c1-18-6-4-12(5-7-18)17-9-11-8-10(14(16)19)2-3-13(11)15/h2-3,8,12,17H,4-7,9H2,1H3,(H2,16,19). The summed E-state index contributed by atoms with van der Waals surface area (Å²) < 4.78 is 13.6. The second-order valence-corrected chi connectivity index (χ2v) is 5.13. The van der Waals surface area contributed by atoms with E-state index in [2.05, 4.69) is 17.3 Å². The van der Waals surface area contributed by atoms with Gasteiger partial charge in [0.1, 0.15) is 5.82 Å². The number of carbonyl (C=O) groups excluding carboxylic acids is 1. The summed E-state index contributed by atoms with van der Waals surface area (Å²) in [6.07, 6.45) is 2.13. The maximum Gasteiger partial charge on any atom is 0.248 e. The Hall–Kier alpha value is -1.46. The molecule has 1 amide bonds.